The number of hydrogen-bond donors (Lipinski definition) is 0. The van der Waals surface area contributed by atoms with Gasteiger partial charge in [-0.3, -0.25) is 10.1 Å². The van der Waals surface area contributed by atoms with Crippen LogP contribution in [0, 0.1) is 10.1 Å². The zero-order chi connectivity index (χ0) is 21.6. The summed E-state index contributed by atoms with van der Waals surface area (Å²) < 4.78 is 24.9. The molecule has 0 heterocycles. The molecule has 0 aliphatic heterocycles. The van der Waals surface area contributed by atoms with Crippen LogP contribution in [-0.4, -0.2) is 41.5 Å². The van der Waals surface area contributed by atoms with E-state index < -0.39 is 19.1 Å². The summed E-state index contributed by atoms with van der Waals surface area (Å²) in [6.45, 7) is 14.2. The van der Waals surface area contributed by atoms with Gasteiger partial charge in [-0.25, -0.2) is 4.67 Å². The molecule has 1 aromatic carbocycles. The Labute approximate surface area is 169 Å². The normalized spacial score (nSPS) is 13.3. The predicted octanol–water partition coefficient (Wildman–Crippen LogP) is 5.29. The molecular formula is C19H33N2O6P. The molecule has 1 atom stereocenters. The summed E-state index contributed by atoms with van der Waals surface area (Å²) in [5.41, 5.74) is -0.0961. The predicted molar refractivity (Wildman–Crippen MR) is 111 cm³/mol. The van der Waals surface area contributed by atoms with Gasteiger partial charge < -0.3 is 18.5 Å². The fourth-order valence-corrected chi connectivity index (χ4v) is 4.42. The highest BCUT2D eigenvalue weighted by molar-refractivity contribution is 7.44. The lowest BCUT2D eigenvalue weighted by Crippen LogP contribution is -2.35. The van der Waals surface area contributed by atoms with E-state index in [0.29, 0.717) is 17.1 Å². The Kier molecular flexibility index (Phi) is 9.08. The van der Waals surface area contributed by atoms with Crippen LogP contribution in [0.1, 0.15) is 54.0 Å². The quantitative estimate of drug-likeness (QED) is 0.291. The Morgan fingerprint density at radius 2 is 1.57 bits per heavy atom. The van der Waals surface area contributed by atoms with Crippen LogP contribution < -0.4 is 9.47 Å². The second-order valence-electron chi connectivity index (χ2n) is 7.88. The standard InChI is InChI=1S/C19H33N2O6P/c1-13(2)20(14(3)4)28(27-19(5,6)7)26-12-15-10-17(24-8)18(25-9)11-16(15)21(22)23/h10-11,13-14H,12H2,1-9H3. The molecule has 0 bridgehead atoms. The molecule has 1 rings (SSSR count). The number of methoxy groups -OCH3 is 2. The number of hydrogen-bond acceptors (Lipinski definition) is 7. The highest BCUT2D eigenvalue weighted by Gasteiger charge is 2.32. The van der Waals surface area contributed by atoms with Crippen molar-refractivity contribution in [3.8, 4) is 11.5 Å². The zero-order valence-electron chi connectivity index (χ0n) is 18.3. The maximum Gasteiger partial charge on any atom is 0.278 e. The minimum atomic E-state index is -1.43. The lowest BCUT2D eigenvalue weighted by molar-refractivity contribution is -0.385. The van der Waals surface area contributed by atoms with E-state index in [-0.39, 0.29) is 24.4 Å². The highest BCUT2D eigenvalue weighted by atomic mass is 31.2. The van der Waals surface area contributed by atoms with E-state index >= 15 is 0 Å². The van der Waals surface area contributed by atoms with Crippen molar-refractivity contribution in [3.63, 3.8) is 0 Å². The van der Waals surface area contributed by atoms with Crippen LogP contribution >= 0.6 is 8.53 Å². The first kappa shape index (κ1) is 24.6. The maximum atomic E-state index is 11.5. The molecule has 0 spiro atoms. The smallest absolute Gasteiger partial charge is 0.278 e. The maximum absolute atomic E-state index is 11.5. The van der Waals surface area contributed by atoms with Gasteiger partial charge in [-0.1, -0.05) is 0 Å². The third-order valence-corrected chi connectivity index (χ3v) is 6.07. The van der Waals surface area contributed by atoms with Crippen LogP contribution in [0.5, 0.6) is 11.5 Å². The number of ether oxygens (including phenoxy) is 2. The summed E-state index contributed by atoms with van der Waals surface area (Å²) in [6.07, 6.45) is 0. The van der Waals surface area contributed by atoms with Gasteiger partial charge in [-0.15, -0.1) is 0 Å². The molecule has 0 N–H and O–H groups in total. The molecule has 0 fully saturated rings. The molecule has 0 saturated carbocycles. The van der Waals surface area contributed by atoms with Gasteiger partial charge in [-0.2, -0.15) is 0 Å². The van der Waals surface area contributed by atoms with Gasteiger partial charge >= 0.3 is 0 Å². The largest absolute Gasteiger partial charge is 0.493 e. The molecule has 0 aliphatic carbocycles. The summed E-state index contributed by atoms with van der Waals surface area (Å²) in [6, 6.07) is 3.31. The van der Waals surface area contributed by atoms with E-state index in [4.69, 9.17) is 18.5 Å². The molecule has 0 amide bonds. The van der Waals surface area contributed by atoms with Crippen LogP contribution in [0.25, 0.3) is 0 Å². The fraction of sp³-hybridized carbons (Fsp3) is 0.684. The van der Waals surface area contributed by atoms with Crippen molar-refractivity contribution in [2.24, 2.45) is 0 Å². The Morgan fingerprint density at radius 3 is 1.96 bits per heavy atom. The molecule has 0 aliphatic rings. The zero-order valence-corrected chi connectivity index (χ0v) is 19.2. The van der Waals surface area contributed by atoms with Crippen LogP contribution in [-0.2, 0) is 15.7 Å². The Hall–Kier alpha value is -1.47. The summed E-state index contributed by atoms with van der Waals surface area (Å²) in [5.74, 6) is 0.717. The minimum absolute atomic E-state index is 0.0222. The topological polar surface area (TPSA) is 83.3 Å². The Bertz CT molecular complexity index is 653. The third-order valence-electron chi connectivity index (χ3n) is 3.71. The van der Waals surface area contributed by atoms with Gasteiger partial charge in [0.1, 0.15) is 0 Å². The van der Waals surface area contributed by atoms with Crippen LogP contribution in [0.3, 0.4) is 0 Å². The second kappa shape index (κ2) is 10.3. The number of rotatable bonds is 10. The molecule has 1 aromatic rings. The van der Waals surface area contributed by atoms with Crippen LogP contribution in [0.2, 0.25) is 0 Å². The average molecular weight is 416 g/mol. The summed E-state index contributed by atoms with van der Waals surface area (Å²) >= 11 is 0. The van der Waals surface area contributed by atoms with Gasteiger partial charge in [0.2, 0.25) is 0 Å². The van der Waals surface area contributed by atoms with E-state index in [1.165, 1.54) is 20.3 Å². The van der Waals surface area contributed by atoms with E-state index in [2.05, 4.69) is 32.4 Å². The average Bonchev–Trinajstić information content (AvgIpc) is 2.56. The molecule has 9 heteroatoms. The van der Waals surface area contributed by atoms with Crippen molar-refractivity contribution >= 4 is 14.2 Å². The van der Waals surface area contributed by atoms with Gasteiger partial charge in [0.05, 0.1) is 43.0 Å². The number of benzene rings is 1. The van der Waals surface area contributed by atoms with Crippen molar-refractivity contribution in [2.45, 2.75) is 72.8 Å². The molecule has 1 unspecified atom stereocenters. The van der Waals surface area contributed by atoms with Crippen molar-refractivity contribution in [2.75, 3.05) is 14.2 Å². The number of nitrogens with zero attached hydrogens (tertiary/aromatic N) is 2. The van der Waals surface area contributed by atoms with Gasteiger partial charge in [0.25, 0.3) is 14.2 Å². The molecule has 28 heavy (non-hydrogen) atoms. The van der Waals surface area contributed by atoms with E-state index in [0.717, 1.165) is 0 Å². The molecular weight excluding hydrogens is 383 g/mol. The van der Waals surface area contributed by atoms with E-state index in [1.807, 2.05) is 20.8 Å². The number of nitro groups is 1. The summed E-state index contributed by atoms with van der Waals surface area (Å²) in [5, 5.41) is 11.5. The Morgan fingerprint density at radius 1 is 1.07 bits per heavy atom. The first-order chi connectivity index (χ1) is 12.9. The van der Waals surface area contributed by atoms with Crippen molar-refractivity contribution in [1.82, 2.24) is 4.67 Å². The minimum Gasteiger partial charge on any atom is -0.493 e. The van der Waals surface area contributed by atoms with Crippen molar-refractivity contribution in [3.05, 3.63) is 27.8 Å². The Balaban J connectivity index is 3.23. The van der Waals surface area contributed by atoms with Gasteiger partial charge in [0.15, 0.2) is 11.5 Å². The summed E-state index contributed by atoms with van der Waals surface area (Å²) in [4.78, 5) is 11.1. The molecule has 0 aromatic heterocycles. The highest BCUT2D eigenvalue weighted by Crippen LogP contribution is 2.50. The lowest BCUT2D eigenvalue weighted by atomic mass is 10.1. The van der Waals surface area contributed by atoms with Crippen molar-refractivity contribution < 1.29 is 23.4 Å². The molecule has 0 saturated heterocycles. The third kappa shape index (κ3) is 6.85. The van der Waals surface area contributed by atoms with Gasteiger partial charge in [-0.05, 0) is 54.5 Å². The second-order valence-corrected chi connectivity index (χ2v) is 9.25. The molecule has 160 valence electrons. The lowest BCUT2D eigenvalue weighted by Gasteiger charge is -2.38. The monoisotopic (exact) mass is 416 g/mol. The first-order valence-corrected chi connectivity index (χ1v) is 10.3. The van der Waals surface area contributed by atoms with Crippen molar-refractivity contribution in [1.29, 1.82) is 0 Å². The number of nitro benzene ring substituents is 1. The summed E-state index contributed by atoms with van der Waals surface area (Å²) in [7, 11) is 1.50. The van der Waals surface area contributed by atoms with E-state index in [1.54, 1.807) is 6.07 Å². The van der Waals surface area contributed by atoms with Crippen LogP contribution in [0.4, 0.5) is 5.69 Å². The first-order valence-electron chi connectivity index (χ1n) is 9.21. The fourth-order valence-electron chi connectivity index (χ4n) is 2.67. The molecule has 8 nitrogen and oxygen atoms in total. The SMILES string of the molecule is COc1cc(COP(OC(C)(C)C)N(C(C)C)C(C)C)c([N+](=O)[O-])cc1OC. The molecule has 0 radical (unpaired) electrons. The van der Waals surface area contributed by atoms with Gasteiger partial charge in [0, 0.05) is 12.1 Å². The van der Waals surface area contributed by atoms with E-state index in [9.17, 15) is 10.1 Å². The van der Waals surface area contributed by atoms with Crippen LogP contribution in [0.15, 0.2) is 12.1 Å².